The van der Waals surface area contributed by atoms with Gasteiger partial charge < -0.3 is 19.7 Å². The summed E-state index contributed by atoms with van der Waals surface area (Å²) in [6.07, 6.45) is 8.73. The number of carbonyl (C=O) groups is 2. The van der Waals surface area contributed by atoms with E-state index in [0.29, 0.717) is 60.5 Å². The summed E-state index contributed by atoms with van der Waals surface area (Å²) >= 11 is 0. The van der Waals surface area contributed by atoms with Gasteiger partial charge in [-0.15, -0.1) is 0 Å². The van der Waals surface area contributed by atoms with Crippen LogP contribution in [0.5, 0.6) is 5.75 Å². The normalized spacial score (nSPS) is 19.1. The van der Waals surface area contributed by atoms with E-state index in [2.05, 4.69) is 16.4 Å². The topological polar surface area (TPSA) is 137 Å². The van der Waals surface area contributed by atoms with Gasteiger partial charge in [-0.3, -0.25) is 14.5 Å². The summed E-state index contributed by atoms with van der Waals surface area (Å²) < 4.78 is 14.3. The number of aromatic nitrogens is 5. The lowest BCUT2D eigenvalue weighted by atomic mass is 9.87. The van der Waals surface area contributed by atoms with Crippen LogP contribution >= 0.6 is 0 Å². The van der Waals surface area contributed by atoms with Crippen molar-refractivity contribution in [3.8, 4) is 11.6 Å². The molecular weight excluding hydrogens is 588 g/mol. The van der Waals surface area contributed by atoms with E-state index in [9.17, 15) is 14.4 Å². The maximum atomic E-state index is 13.7. The minimum atomic E-state index is -1.02. The number of nitrogens with zero attached hydrogens (tertiary/aromatic N) is 7. The molecule has 2 amide bonds. The Balaban J connectivity index is 1.20. The molecule has 4 aliphatic rings. The molecule has 3 aliphatic heterocycles. The Morgan fingerprint density at radius 3 is 2.74 bits per heavy atom. The molecule has 4 aromatic rings. The summed E-state index contributed by atoms with van der Waals surface area (Å²) in [6.45, 7) is 5.44. The monoisotopic (exact) mass is 622 g/mol. The Bertz CT molecular complexity index is 2020. The number of carbonyl (C=O) groups excluding carboxylic acids is 2. The number of amides is 2. The van der Waals surface area contributed by atoms with Gasteiger partial charge in [0.1, 0.15) is 5.39 Å². The van der Waals surface area contributed by atoms with Crippen LogP contribution in [0.1, 0.15) is 50.7 Å². The van der Waals surface area contributed by atoms with E-state index in [-0.39, 0.29) is 23.0 Å². The van der Waals surface area contributed by atoms with Gasteiger partial charge in [-0.05, 0) is 74.9 Å². The highest BCUT2D eigenvalue weighted by molar-refractivity contribution is 6.01. The maximum absolute atomic E-state index is 13.7. The summed E-state index contributed by atoms with van der Waals surface area (Å²) in [6, 6.07) is 9.71. The Labute approximate surface area is 264 Å². The molecule has 0 radical (unpaired) electrons. The number of hydrogen-bond acceptors (Lipinski definition) is 9. The number of benzene rings is 1. The lowest BCUT2D eigenvalue weighted by Gasteiger charge is -2.38. The van der Waals surface area contributed by atoms with E-state index in [1.54, 1.807) is 45.1 Å². The van der Waals surface area contributed by atoms with Crippen molar-refractivity contribution in [2.45, 2.75) is 63.6 Å². The number of ether oxygens (including phenoxy) is 2. The standard InChI is InChI=1S/C33H34N8O5/c1-32(2)29(43)39-14-6-4-5-7-15-40-28(42)22-17-34-30(37-26(22)41(40)25-11-10-24(46-32)27(39)36-25)35-21-8-9-23-20(16-21)18-38(31(44)45-3)19-33(23)12-13-33/h5,7-11,16-17H,4,6,12-15,18-19H2,1-3H3,(H,34,35,37). The third-order valence-corrected chi connectivity index (χ3v) is 9.37. The fourth-order valence-electron chi connectivity index (χ4n) is 6.91. The predicted molar refractivity (Wildman–Crippen MR) is 170 cm³/mol. The van der Waals surface area contributed by atoms with Gasteiger partial charge in [0, 0.05) is 36.9 Å². The Hall–Kier alpha value is -5.20. The first-order chi connectivity index (χ1) is 22.2. The quantitative estimate of drug-likeness (QED) is 0.326. The first-order valence-electron chi connectivity index (χ1n) is 15.6. The second-order valence-corrected chi connectivity index (χ2v) is 12.9. The Morgan fingerprint density at radius 2 is 1.93 bits per heavy atom. The van der Waals surface area contributed by atoms with E-state index in [1.807, 2.05) is 24.3 Å². The Morgan fingerprint density at radius 1 is 1.09 bits per heavy atom. The van der Waals surface area contributed by atoms with Crippen LogP contribution in [-0.4, -0.2) is 67.0 Å². The number of allylic oxidation sites excluding steroid dienone is 2. The van der Waals surface area contributed by atoms with Crippen molar-refractivity contribution in [2.24, 2.45) is 0 Å². The van der Waals surface area contributed by atoms with E-state index < -0.39 is 5.60 Å². The molecular formula is C33H34N8O5. The molecule has 46 heavy (non-hydrogen) atoms. The zero-order chi connectivity index (χ0) is 31.8. The molecule has 0 unspecified atom stereocenters. The van der Waals surface area contributed by atoms with Crippen LogP contribution in [0.3, 0.4) is 0 Å². The van der Waals surface area contributed by atoms with Crippen molar-refractivity contribution >= 4 is 40.5 Å². The number of hydrogen-bond donors (Lipinski definition) is 1. The van der Waals surface area contributed by atoms with Crippen LogP contribution in [0.4, 0.5) is 22.2 Å². The molecule has 236 valence electrons. The van der Waals surface area contributed by atoms with Gasteiger partial charge in [-0.2, -0.15) is 4.98 Å². The fourth-order valence-corrected chi connectivity index (χ4v) is 6.91. The molecule has 13 heteroatoms. The average Bonchev–Trinajstić information content (AvgIpc) is 3.75. The molecule has 1 fully saturated rings. The number of methoxy groups -OCH3 is 1. The molecule has 13 nitrogen and oxygen atoms in total. The minimum absolute atomic E-state index is 0.00746. The highest BCUT2D eigenvalue weighted by Crippen LogP contribution is 2.52. The number of nitrogens with one attached hydrogen (secondary N) is 1. The van der Waals surface area contributed by atoms with Crippen LogP contribution < -0.4 is 20.5 Å². The van der Waals surface area contributed by atoms with Crippen LogP contribution in [-0.2, 0) is 28.0 Å². The molecule has 6 heterocycles. The highest BCUT2D eigenvalue weighted by atomic mass is 16.5. The third-order valence-electron chi connectivity index (χ3n) is 9.37. The van der Waals surface area contributed by atoms with Crippen molar-refractivity contribution < 1.29 is 19.1 Å². The van der Waals surface area contributed by atoms with E-state index in [4.69, 9.17) is 19.4 Å². The van der Waals surface area contributed by atoms with Gasteiger partial charge in [0.25, 0.3) is 11.5 Å². The second-order valence-electron chi connectivity index (χ2n) is 12.9. The summed E-state index contributed by atoms with van der Waals surface area (Å²) in [5.74, 6) is 1.49. The van der Waals surface area contributed by atoms with E-state index in [0.717, 1.165) is 36.9 Å². The van der Waals surface area contributed by atoms with Crippen molar-refractivity contribution in [2.75, 3.05) is 30.4 Å². The molecule has 1 spiro atoms. The maximum Gasteiger partial charge on any atom is 0.409 e. The molecule has 1 aromatic carbocycles. The first-order valence-corrected chi connectivity index (χ1v) is 15.6. The van der Waals surface area contributed by atoms with Crippen molar-refractivity contribution in [3.05, 3.63) is 70.2 Å². The van der Waals surface area contributed by atoms with Crippen molar-refractivity contribution in [1.82, 2.24) is 29.2 Å². The largest absolute Gasteiger partial charge is 0.474 e. The summed E-state index contributed by atoms with van der Waals surface area (Å²) in [5, 5.41) is 3.64. The summed E-state index contributed by atoms with van der Waals surface area (Å²) in [7, 11) is 1.41. The average molecular weight is 623 g/mol. The summed E-state index contributed by atoms with van der Waals surface area (Å²) in [5.41, 5.74) is 2.18. The van der Waals surface area contributed by atoms with Gasteiger partial charge in [0.05, 0.1) is 13.7 Å². The zero-order valence-corrected chi connectivity index (χ0v) is 25.9. The summed E-state index contributed by atoms with van der Waals surface area (Å²) in [4.78, 5) is 57.1. The lowest BCUT2D eigenvalue weighted by Crippen LogP contribution is -2.53. The minimum Gasteiger partial charge on any atom is -0.474 e. The Kier molecular flexibility index (Phi) is 6.25. The zero-order valence-electron chi connectivity index (χ0n) is 25.9. The number of fused-ring (bicyclic) bond motifs is 7. The highest BCUT2D eigenvalue weighted by Gasteiger charge is 2.50. The second kappa shape index (κ2) is 10.2. The van der Waals surface area contributed by atoms with Gasteiger partial charge in [0.2, 0.25) is 5.95 Å². The number of pyridine rings is 1. The molecule has 0 atom stereocenters. The predicted octanol–water partition coefficient (Wildman–Crippen LogP) is 4.19. The molecule has 8 rings (SSSR count). The van der Waals surface area contributed by atoms with E-state index >= 15 is 0 Å². The van der Waals surface area contributed by atoms with Gasteiger partial charge >= 0.3 is 6.09 Å². The van der Waals surface area contributed by atoms with E-state index in [1.165, 1.54) is 18.9 Å². The molecule has 1 saturated carbocycles. The molecule has 1 aliphatic carbocycles. The number of rotatable bonds is 2. The molecule has 2 bridgehead atoms. The van der Waals surface area contributed by atoms with Crippen LogP contribution in [0, 0.1) is 0 Å². The first kappa shape index (κ1) is 28.3. The fraction of sp³-hybridized carbons (Fsp3) is 0.394. The molecule has 0 saturated heterocycles. The van der Waals surface area contributed by atoms with Crippen molar-refractivity contribution in [1.29, 1.82) is 0 Å². The van der Waals surface area contributed by atoms with Crippen molar-refractivity contribution in [3.63, 3.8) is 0 Å². The lowest BCUT2D eigenvalue weighted by molar-refractivity contribution is -0.132. The number of anilines is 3. The van der Waals surface area contributed by atoms with Crippen LogP contribution in [0.15, 0.2) is 53.5 Å². The van der Waals surface area contributed by atoms with Gasteiger partial charge in [-0.25, -0.2) is 24.1 Å². The smallest absolute Gasteiger partial charge is 0.409 e. The van der Waals surface area contributed by atoms with Gasteiger partial charge in [-0.1, -0.05) is 18.2 Å². The third kappa shape index (κ3) is 4.44. The van der Waals surface area contributed by atoms with Gasteiger partial charge in [0.15, 0.2) is 28.6 Å². The van der Waals surface area contributed by atoms with Crippen LogP contribution in [0.2, 0.25) is 0 Å². The SMILES string of the molecule is COC(=O)N1Cc2cc(Nc3ncc4c(=O)n5n(c4n3)-c3ccc4c(n3)N(CCCC=CC5)C(=O)C(C)(C)O4)ccc2C2(CC2)C1. The van der Waals surface area contributed by atoms with Crippen LogP contribution in [0.25, 0.3) is 16.9 Å². The molecule has 3 aromatic heterocycles. The molecule has 1 N–H and O–H groups in total.